The van der Waals surface area contributed by atoms with Gasteiger partial charge in [0, 0.05) is 31.4 Å². The molecule has 0 aliphatic carbocycles. The second-order valence-electron chi connectivity index (χ2n) is 6.07. The predicted octanol–water partition coefficient (Wildman–Crippen LogP) is 2.45. The first kappa shape index (κ1) is 19.1. The first-order valence-electron chi connectivity index (χ1n) is 8.04. The van der Waals surface area contributed by atoms with E-state index in [1.165, 1.54) is 38.8 Å². The predicted molar refractivity (Wildman–Crippen MR) is 89.8 cm³/mol. The minimum absolute atomic E-state index is 0. The minimum Gasteiger partial charge on any atom is -0.476 e. The van der Waals surface area contributed by atoms with Crippen molar-refractivity contribution in [1.29, 1.82) is 0 Å². The second kappa shape index (κ2) is 9.28. The Bertz CT molecular complexity index is 447. The van der Waals surface area contributed by atoms with E-state index in [2.05, 4.69) is 21.8 Å². The van der Waals surface area contributed by atoms with Crippen LogP contribution in [0.3, 0.4) is 0 Å². The van der Waals surface area contributed by atoms with Crippen molar-refractivity contribution in [3.05, 3.63) is 18.1 Å². The molecule has 2 N–H and O–H groups in total. The summed E-state index contributed by atoms with van der Waals surface area (Å²) in [6.45, 7) is 6.63. The van der Waals surface area contributed by atoms with Gasteiger partial charge in [0.2, 0.25) is 5.88 Å². The van der Waals surface area contributed by atoms with Crippen LogP contribution in [0, 0.1) is 5.92 Å². The fourth-order valence-corrected chi connectivity index (χ4v) is 3.49. The van der Waals surface area contributed by atoms with Crippen LogP contribution in [0.25, 0.3) is 0 Å². The van der Waals surface area contributed by atoms with Gasteiger partial charge in [0.25, 0.3) is 0 Å². The van der Waals surface area contributed by atoms with Crippen molar-refractivity contribution in [1.82, 2.24) is 14.9 Å². The molecule has 1 aromatic heterocycles. The van der Waals surface area contributed by atoms with E-state index in [-0.39, 0.29) is 17.9 Å². The van der Waals surface area contributed by atoms with Crippen LogP contribution in [0.1, 0.15) is 50.6 Å². The molecule has 126 valence electrons. The van der Waals surface area contributed by atoms with Crippen molar-refractivity contribution < 1.29 is 10.2 Å². The van der Waals surface area contributed by atoms with Gasteiger partial charge in [-0.25, -0.2) is 4.98 Å². The van der Waals surface area contributed by atoms with Gasteiger partial charge in [-0.3, -0.25) is 4.98 Å². The molecule has 0 saturated carbocycles. The molecule has 2 aliphatic rings. The van der Waals surface area contributed by atoms with Gasteiger partial charge < -0.3 is 15.1 Å². The fraction of sp³-hybridized carbons (Fsp3) is 0.750. The zero-order chi connectivity index (χ0) is 13.8. The summed E-state index contributed by atoms with van der Waals surface area (Å²) in [4.78, 5) is 11.5. The molecule has 22 heavy (non-hydrogen) atoms. The summed E-state index contributed by atoms with van der Waals surface area (Å²) in [7, 11) is 0. The number of hydrogen-bond donors (Lipinski definition) is 0. The van der Waals surface area contributed by atoms with Crippen molar-refractivity contribution in [3.63, 3.8) is 0 Å². The van der Waals surface area contributed by atoms with Gasteiger partial charge in [-0.15, -0.1) is 12.4 Å². The maximum Gasteiger partial charge on any atom is 0.235 e. The van der Waals surface area contributed by atoms with E-state index in [4.69, 9.17) is 4.74 Å². The molecule has 3 rings (SSSR count). The number of fused-ring (bicyclic) bond motifs is 2. The lowest BCUT2D eigenvalue weighted by Gasteiger charge is -2.22. The molecule has 0 amide bonds. The number of rotatable bonds is 7. The normalized spacial score (nSPS) is 25.4. The van der Waals surface area contributed by atoms with Crippen LogP contribution in [0.5, 0.6) is 5.88 Å². The van der Waals surface area contributed by atoms with Crippen LogP contribution in [-0.4, -0.2) is 46.6 Å². The molecular formula is C16H28ClN3O2. The molecule has 1 aromatic rings. The molecule has 5 nitrogen and oxygen atoms in total. The SMILES string of the molecule is CCCCCCOc1nccnc1C1CN2CCC1C2.Cl.O. The Hall–Kier alpha value is -0.910. The Morgan fingerprint density at radius 2 is 2.00 bits per heavy atom. The second-order valence-corrected chi connectivity index (χ2v) is 6.07. The lowest BCUT2D eigenvalue weighted by molar-refractivity contribution is 0.279. The van der Waals surface area contributed by atoms with Crippen molar-refractivity contribution in [2.45, 2.75) is 44.9 Å². The van der Waals surface area contributed by atoms with Gasteiger partial charge in [-0.2, -0.15) is 0 Å². The third-order valence-corrected chi connectivity index (χ3v) is 4.61. The Labute approximate surface area is 139 Å². The zero-order valence-electron chi connectivity index (χ0n) is 13.3. The summed E-state index contributed by atoms with van der Waals surface area (Å²) in [5.41, 5.74) is 1.09. The topological polar surface area (TPSA) is 69.8 Å². The van der Waals surface area contributed by atoms with E-state index in [1.807, 2.05) is 0 Å². The van der Waals surface area contributed by atoms with Crippen LogP contribution in [-0.2, 0) is 0 Å². The number of piperidine rings is 1. The Balaban J connectivity index is 0.00000121. The maximum atomic E-state index is 5.91. The van der Waals surface area contributed by atoms with Crippen molar-refractivity contribution >= 4 is 12.4 Å². The molecule has 0 spiro atoms. The molecule has 0 radical (unpaired) electrons. The summed E-state index contributed by atoms with van der Waals surface area (Å²) in [6, 6.07) is 0. The van der Waals surface area contributed by atoms with Crippen LogP contribution in [0.4, 0.5) is 0 Å². The molecule has 2 aliphatic heterocycles. The standard InChI is InChI=1S/C16H25N3O.ClH.H2O/c1-2-3-4-5-10-20-16-15(17-7-8-18-16)14-12-19-9-6-13(14)11-19;;/h7-8,13-14H,2-6,9-12H2,1H3;1H;1H2. The van der Waals surface area contributed by atoms with Gasteiger partial charge in [0.05, 0.1) is 6.61 Å². The van der Waals surface area contributed by atoms with Gasteiger partial charge in [0.15, 0.2) is 0 Å². The summed E-state index contributed by atoms with van der Waals surface area (Å²) in [6.07, 6.45) is 9.76. The van der Waals surface area contributed by atoms with E-state index >= 15 is 0 Å². The first-order chi connectivity index (χ1) is 9.88. The Morgan fingerprint density at radius 1 is 1.18 bits per heavy atom. The van der Waals surface area contributed by atoms with E-state index in [1.54, 1.807) is 12.4 Å². The fourth-order valence-electron chi connectivity index (χ4n) is 3.49. The highest BCUT2D eigenvalue weighted by atomic mass is 35.5. The number of ether oxygens (including phenoxy) is 1. The molecular weight excluding hydrogens is 302 g/mol. The first-order valence-corrected chi connectivity index (χ1v) is 8.04. The maximum absolute atomic E-state index is 5.91. The summed E-state index contributed by atoms with van der Waals surface area (Å²) < 4.78 is 5.91. The highest BCUT2D eigenvalue weighted by Gasteiger charge is 2.40. The monoisotopic (exact) mass is 329 g/mol. The highest BCUT2D eigenvalue weighted by Crippen LogP contribution is 2.41. The Morgan fingerprint density at radius 3 is 2.68 bits per heavy atom. The quantitative estimate of drug-likeness (QED) is 0.720. The van der Waals surface area contributed by atoms with E-state index in [9.17, 15) is 0 Å². The van der Waals surface area contributed by atoms with Crippen molar-refractivity contribution in [2.75, 3.05) is 26.2 Å². The molecule has 3 atom stereocenters. The number of nitrogens with zero attached hydrogens (tertiary/aromatic N) is 3. The number of aromatic nitrogens is 2. The average molecular weight is 330 g/mol. The zero-order valence-corrected chi connectivity index (χ0v) is 14.1. The van der Waals surface area contributed by atoms with Gasteiger partial charge in [-0.05, 0) is 25.3 Å². The summed E-state index contributed by atoms with van der Waals surface area (Å²) in [5.74, 6) is 2.07. The average Bonchev–Trinajstić information content (AvgIpc) is 3.10. The molecule has 6 heteroatoms. The third-order valence-electron chi connectivity index (χ3n) is 4.61. The van der Waals surface area contributed by atoms with Gasteiger partial charge in [0.1, 0.15) is 5.69 Å². The molecule has 2 bridgehead atoms. The van der Waals surface area contributed by atoms with Crippen LogP contribution < -0.4 is 4.74 Å². The highest BCUT2D eigenvalue weighted by molar-refractivity contribution is 5.85. The lowest BCUT2D eigenvalue weighted by atomic mass is 9.90. The van der Waals surface area contributed by atoms with E-state index < -0.39 is 0 Å². The number of hydrogen-bond acceptors (Lipinski definition) is 4. The number of halogens is 1. The van der Waals surface area contributed by atoms with E-state index in [0.717, 1.165) is 37.1 Å². The molecule has 2 saturated heterocycles. The molecule has 2 fully saturated rings. The Kier molecular flexibility index (Phi) is 8.07. The smallest absolute Gasteiger partial charge is 0.235 e. The largest absolute Gasteiger partial charge is 0.476 e. The van der Waals surface area contributed by atoms with Gasteiger partial charge in [-0.1, -0.05) is 26.2 Å². The molecule has 3 unspecified atom stereocenters. The van der Waals surface area contributed by atoms with Crippen molar-refractivity contribution in [3.8, 4) is 5.88 Å². The van der Waals surface area contributed by atoms with Crippen molar-refractivity contribution in [2.24, 2.45) is 5.92 Å². The molecule has 3 heterocycles. The third kappa shape index (κ3) is 4.31. The lowest BCUT2D eigenvalue weighted by Crippen LogP contribution is -2.23. The summed E-state index contributed by atoms with van der Waals surface area (Å²) >= 11 is 0. The van der Waals surface area contributed by atoms with Crippen LogP contribution >= 0.6 is 12.4 Å². The number of unbranched alkanes of at least 4 members (excludes halogenated alkanes) is 3. The van der Waals surface area contributed by atoms with Crippen LogP contribution in [0.15, 0.2) is 12.4 Å². The minimum atomic E-state index is 0. The molecule has 0 aromatic carbocycles. The van der Waals surface area contributed by atoms with Gasteiger partial charge >= 0.3 is 0 Å². The van der Waals surface area contributed by atoms with Crippen LogP contribution in [0.2, 0.25) is 0 Å². The summed E-state index contributed by atoms with van der Waals surface area (Å²) in [5, 5.41) is 0. The van der Waals surface area contributed by atoms with E-state index in [0.29, 0.717) is 5.92 Å².